The molecular formula is C20H20N4O. The van der Waals surface area contributed by atoms with Gasteiger partial charge < -0.3 is 5.32 Å². The van der Waals surface area contributed by atoms with Gasteiger partial charge in [0.05, 0.1) is 23.3 Å². The second kappa shape index (κ2) is 7.13. The van der Waals surface area contributed by atoms with E-state index in [1.807, 2.05) is 63.4 Å². The molecule has 2 aromatic heterocycles. The van der Waals surface area contributed by atoms with Crippen molar-refractivity contribution in [1.29, 1.82) is 0 Å². The van der Waals surface area contributed by atoms with Crippen LogP contribution in [0.25, 0.3) is 11.8 Å². The number of carbonyl (C=O) groups is 1. The summed E-state index contributed by atoms with van der Waals surface area (Å²) < 4.78 is 1.77. The standard InChI is InChI=1S/C20H20N4O/c1-14-11-15(2)22-16(3)20(14)23-19(25)10-9-17-12-21-24(13-17)18-7-5-4-6-8-18/h4-13H,1-3H3,(H,23,25)/b10-9+. The average molecular weight is 332 g/mol. The molecule has 0 saturated carbocycles. The van der Waals surface area contributed by atoms with Gasteiger partial charge in [0.25, 0.3) is 0 Å². The summed E-state index contributed by atoms with van der Waals surface area (Å²) >= 11 is 0. The molecule has 0 atom stereocenters. The first-order chi connectivity index (χ1) is 12.0. The number of pyridine rings is 1. The molecule has 2 heterocycles. The van der Waals surface area contributed by atoms with E-state index in [4.69, 9.17) is 0 Å². The van der Waals surface area contributed by atoms with Crippen LogP contribution in [-0.4, -0.2) is 20.7 Å². The van der Waals surface area contributed by atoms with Crippen LogP contribution in [0.2, 0.25) is 0 Å². The largest absolute Gasteiger partial charge is 0.321 e. The Hall–Kier alpha value is -3.21. The van der Waals surface area contributed by atoms with Crippen LogP contribution in [0.5, 0.6) is 0 Å². The molecule has 0 radical (unpaired) electrons. The summed E-state index contributed by atoms with van der Waals surface area (Å²) in [5, 5.41) is 7.21. The highest BCUT2D eigenvalue weighted by atomic mass is 16.1. The number of carbonyl (C=O) groups excluding carboxylic acids is 1. The molecule has 1 aromatic carbocycles. The summed E-state index contributed by atoms with van der Waals surface area (Å²) in [7, 11) is 0. The van der Waals surface area contributed by atoms with Crippen LogP contribution in [0.3, 0.4) is 0 Å². The number of hydrogen-bond donors (Lipinski definition) is 1. The summed E-state index contributed by atoms with van der Waals surface area (Å²) in [4.78, 5) is 16.6. The smallest absolute Gasteiger partial charge is 0.248 e. The summed E-state index contributed by atoms with van der Waals surface area (Å²) in [6.45, 7) is 5.80. The fourth-order valence-corrected chi connectivity index (χ4v) is 2.69. The zero-order chi connectivity index (χ0) is 17.8. The number of benzene rings is 1. The maximum Gasteiger partial charge on any atom is 0.248 e. The van der Waals surface area contributed by atoms with E-state index in [-0.39, 0.29) is 5.91 Å². The molecule has 0 aliphatic carbocycles. The van der Waals surface area contributed by atoms with Gasteiger partial charge in [-0.3, -0.25) is 9.78 Å². The van der Waals surface area contributed by atoms with Gasteiger partial charge in [-0.1, -0.05) is 18.2 Å². The Bertz CT molecular complexity index is 903. The van der Waals surface area contributed by atoms with Gasteiger partial charge in [-0.05, 0) is 50.6 Å². The molecule has 25 heavy (non-hydrogen) atoms. The summed E-state index contributed by atoms with van der Waals surface area (Å²) in [5.74, 6) is -0.190. The number of aromatic nitrogens is 3. The van der Waals surface area contributed by atoms with Gasteiger partial charge in [-0.15, -0.1) is 0 Å². The van der Waals surface area contributed by atoms with Crippen molar-refractivity contribution in [2.24, 2.45) is 0 Å². The van der Waals surface area contributed by atoms with Crippen molar-refractivity contribution in [2.75, 3.05) is 5.32 Å². The van der Waals surface area contributed by atoms with Crippen molar-refractivity contribution in [3.8, 4) is 5.69 Å². The van der Waals surface area contributed by atoms with E-state index in [2.05, 4.69) is 15.4 Å². The topological polar surface area (TPSA) is 59.8 Å². The SMILES string of the molecule is Cc1cc(C)c(NC(=O)/C=C/c2cnn(-c3ccccc3)c2)c(C)n1. The Kier molecular flexibility index (Phi) is 4.75. The van der Waals surface area contributed by atoms with E-state index >= 15 is 0 Å². The van der Waals surface area contributed by atoms with Gasteiger partial charge in [0.15, 0.2) is 0 Å². The number of aryl methyl sites for hydroxylation is 3. The van der Waals surface area contributed by atoms with Gasteiger partial charge in [0.1, 0.15) is 0 Å². The van der Waals surface area contributed by atoms with E-state index < -0.39 is 0 Å². The molecule has 0 saturated heterocycles. The van der Waals surface area contributed by atoms with Gasteiger partial charge in [0.2, 0.25) is 5.91 Å². The Labute approximate surface area is 147 Å². The third-order valence-electron chi connectivity index (χ3n) is 3.82. The normalized spacial score (nSPS) is 11.0. The average Bonchev–Trinajstić information content (AvgIpc) is 3.06. The Morgan fingerprint density at radius 1 is 1.16 bits per heavy atom. The lowest BCUT2D eigenvalue weighted by molar-refractivity contribution is -0.111. The van der Waals surface area contributed by atoms with Crippen LogP contribution < -0.4 is 5.32 Å². The van der Waals surface area contributed by atoms with E-state index in [1.165, 1.54) is 6.08 Å². The number of hydrogen-bond acceptors (Lipinski definition) is 3. The minimum absolute atomic E-state index is 0.190. The van der Waals surface area contributed by atoms with Gasteiger partial charge in [-0.25, -0.2) is 4.68 Å². The van der Waals surface area contributed by atoms with Crippen molar-refractivity contribution in [1.82, 2.24) is 14.8 Å². The highest BCUT2D eigenvalue weighted by Crippen LogP contribution is 2.19. The Morgan fingerprint density at radius 3 is 2.64 bits per heavy atom. The third-order valence-corrected chi connectivity index (χ3v) is 3.82. The second-order valence-corrected chi connectivity index (χ2v) is 5.92. The maximum absolute atomic E-state index is 12.2. The quantitative estimate of drug-likeness (QED) is 0.738. The van der Waals surface area contributed by atoms with Crippen LogP contribution >= 0.6 is 0 Å². The van der Waals surface area contributed by atoms with Crippen molar-refractivity contribution in [2.45, 2.75) is 20.8 Å². The predicted octanol–water partition coefficient (Wildman–Crippen LogP) is 3.84. The highest BCUT2D eigenvalue weighted by molar-refractivity contribution is 6.02. The monoisotopic (exact) mass is 332 g/mol. The van der Waals surface area contributed by atoms with Gasteiger partial charge in [-0.2, -0.15) is 5.10 Å². The fourth-order valence-electron chi connectivity index (χ4n) is 2.69. The lowest BCUT2D eigenvalue weighted by Crippen LogP contribution is -2.11. The minimum atomic E-state index is -0.190. The van der Waals surface area contributed by atoms with Crippen molar-refractivity contribution < 1.29 is 4.79 Å². The van der Waals surface area contributed by atoms with Crippen LogP contribution in [0.15, 0.2) is 54.9 Å². The number of amides is 1. The van der Waals surface area contributed by atoms with Crippen molar-refractivity contribution in [3.63, 3.8) is 0 Å². The lowest BCUT2D eigenvalue weighted by Gasteiger charge is -2.10. The highest BCUT2D eigenvalue weighted by Gasteiger charge is 2.07. The number of nitrogens with one attached hydrogen (secondary N) is 1. The number of para-hydroxylation sites is 1. The lowest BCUT2D eigenvalue weighted by atomic mass is 10.1. The third kappa shape index (κ3) is 4.01. The molecule has 5 heteroatoms. The molecule has 5 nitrogen and oxygen atoms in total. The molecule has 0 unspecified atom stereocenters. The molecule has 0 aliphatic heterocycles. The van der Waals surface area contributed by atoms with E-state index in [9.17, 15) is 4.79 Å². The zero-order valence-corrected chi connectivity index (χ0v) is 14.5. The zero-order valence-electron chi connectivity index (χ0n) is 14.5. The maximum atomic E-state index is 12.2. The predicted molar refractivity (Wildman–Crippen MR) is 99.7 cm³/mol. The minimum Gasteiger partial charge on any atom is -0.321 e. The number of nitrogens with zero attached hydrogens (tertiary/aromatic N) is 3. The molecule has 0 aliphatic rings. The number of rotatable bonds is 4. The molecule has 3 aromatic rings. The second-order valence-electron chi connectivity index (χ2n) is 5.92. The summed E-state index contributed by atoms with van der Waals surface area (Å²) in [6, 6.07) is 11.8. The molecular weight excluding hydrogens is 312 g/mol. The Morgan fingerprint density at radius 2 is 1.92 bits per heavy atom. The molecule has 0 spiro atoms. The van der Waals surface area contributed by atoms with E-state index in [0.717, 1.165) is 33.9 Å². The van der Waals surface area contributed by atoms with Gasteiger partial charge in [0, 0.05) is 23.5 Å². The molecule has 3 rings (SSSR count). The van der Waals surface area contributed by atoms with Crippen molar-refractivity contribution in [3.05, 3.63) is 77.4 Å². The van der Waals surface area contributed by atoms with E-state index in [1.54, 1.807) is 17.0 Å². The number of anilines is 1. The fraction of sp³-hybridized carbons (Fsp3) is 0.150. The molecule has 0 fully saturated rings. The summed E-state index contributed by atoms with van der Waals surface area (Å²) in [5.41, 5.74) is 5.36. The van der Waals surface area contributed by atoms with Crippen molar-refractivity contribution >= 4 is 17.7 Å². The van der Waals surface area contributed by atoms with Crippen LogP contribution in [0, 0.1) is 20.8 Å². The van der Waals surface area contributed by atoms with E-state index in [0.29, 0.717) is 0 Å². The van der Waals surface area contributed by atoms with Crippen LogP contribution in [0.4, 0.5) is 5.69 Å². The first-order valence-corrected chi connectivity index (χ1v) is 8.07. The van der Waals surface area contributed by atoms with Gasteiger partial charge >= 0.3 is 0 Å². The first kappa shape index (κ1) is 16.6. The molecule has 1 amide bonds. The molecule has 0 bridgehead atoms. The summed E-state index contributed by atoms with van der Waals surface area (Å²) in [6.07, 6.45) is 6.85. The first-order valence-electron chi connectivity index (χ1n) is 8.07. The molecule has 126 valence electrons. The molecule has 1 N–H and O–H groups in total. The van der Waals surface area contributed by atoms with Crippen LogP contribution in [-0.2, 0) is 4.79 Å². The Balaban J connectivity index is 1.71. The van der Waals surface area contributed by atoms with Crippen LogP contribution in [0.1, 0.15) is 22.5 Å².